The number of aryl methyl sites for hydroxylation is 1. The molecule has 3 rings (SSSR count). The van der Waals surface area contributed by atoms with Crippen molar-refractivity contribution in [2.75, 3.05) is 0 Å². The van der Waals surface area contributed by atoms with Gasteiger partial charge in [0, 0.05) is 0 Å². The zero-order valence-corrected chi connectivity index (χ0v) is 13.0. The molecule has 0 saturated carbocycles. The number of aromatic nitrogens is 1. The lowest BCUT2D eigenvalue weighted by molar-refractivity contribution is -0.120. The van der Waals surface area contributed by atoms with E-state index in [4.69, 9.17) is 4.42 Å². The number of nitrogens with zero attached hydrogens (tertiary/aromatic N) is 1. The molecule has 0 spiro atoms. The number of furan rings is 1. The molecule has 0 aliphatic carbocycles. The van der Waals surface area contributed by atoms with E-state index in [1.165, 1.54) is 0 Å². The molecule has 5 heteroatoms. The first-order valence-corrected chi connectivity index (χ1v) is 7.85. The van der Waals surface area contributed by atoms with Gasteiger partial charge in [0.15, 0.2) is 0 Å². The van der Waals surface area contributed by atoms with Gasteiger partial charge in [0.2, 0.25) is 5.91 Å². The van der Waals surface area contributed by atoms with E-state index in [-0.39, 0.29) is 5.91 Å². The highest BCUT2D eigenvalue weighted by atomic mass is 32.1. The zero-order chi connectivity index (χ0) is 15.4. The maximum absolute atomic E-state index is 12.0. The number of amides is 1. The van der Waals surface area contributed by atoms with Crippen LogP contribution in [-0.4, -0.2) is 10.9 Å². The van der Waals surface area contributed by atoms with Crippen molar-refractivity contribution in [1.29, 1.82) is 0 Å². The Kier molecular flexibility index (Phi) is 4.34. The lowest BCUT2D eigenvalue weighted by Crippen LogP contribution is -2.24. The van der Waals surface area contributed by atoms with Crippen LogP contribution in [0.3, 0.4) is 0 Å². The van der Waals surface area contributed by atoms with Crippen LogP contribution in [0.2, 0.25) is 0 Å². The number of hydrogen-bond acceptors (Lipinski definition) is 4. The highest BCUT2D eigenvalue weighted by Crippen LogP contribution is 2.29. The second-order valence-electron chi connectivity index (χ2n) is 4.92. The number of carbonyl (C=O) groups excluding carboxylic acids is 1. The van der Waals surface area contributed by atoms with Gasteiger partial charge >= 0.3 is 0 Å². The number of carbonyl (C=O) groups is 1. The minimum Gasteiger partial charge on any atom is -0.467 e. The van der Waals surface area contributed by atoms with E-state index in [1.807, 2.05) is 31.2 Å². The maximum atomic E-state index is 12.0. The molecule has 4 nitrogen and oxygen atoms in total. The van der Waals surface area contributed by atoms with E-state index in [0.29, 0.717) is 13.0 Å². The summed E-state index contributed by atoms with van der Waals surface area (Å²) in [5.74, 6) is 0.693. The predicted octanol–water partition coefficient (Wildman–Crippen LogP) is 3.57. The van der Waals surface area contributed by atoms with E-state index >= 15 is 0 Å². The normalized spacial score (nSPS) is 10.6. The van der Waals surface area contributed by atoms with Crippen LogP contribution >= 0.6 is 11.3 Å². The average molecular weight is 312 g/mol. The van der Waals surface area contributed by atoms with Gasteiger partial charge in [-0.3, -0.25) is 4.79 Å². The molecule has 0 fully saturated rings. The van der Waals surface area contributed by atoms with Crippen LogP contribution in [-0.2, 0) is 17.8 Å². The van der Waals surface area contributed by atoms with Gasteiger partial charge in [-0.05, 0) is 24.6 Å². The molecular weight excluding hydrogens is 296 g/mol. The Bertz CT molecular complexity index is 748. The van der Waals surface area contributed by atoms with Crippen molar-refractivity contribution in [3.05, 3.63) is 65.2 Å². The van der Waals surface area contributed by atoms with Crippen molar-refractivity contribution in [3.63, 3.8) is 0 Å². The lowest BCUT2D eigenvalue weighted by Gasteiger charge is -2.00. The molecule has 0 aliphatic heterocycles. The highest BCUT2D eigenvalue weighted by molar-refractivity contribution is 7.15. The highest BCUT2D eigenvalue weighted by Gasteiger charge is 2.12. The molecular formula is C17H16N2O2S. The van der Waals surface area contributed by atoms with Crippen molar-refractivity contribution in [3.8, 4) is 10.4 Å². The smallest absolute Gasteiger partial charge is 0.227 e. The van der Waals surface area contributed by atoms with Gasteiger partial charge in [-0.2, -0.15) is 0 Å². The number of hydrogen-bond donors (Lipinski definition) is 1. The lowest BCUT2D eigenvalue weighted by atomic mass is 10.2. The molecule has 3 aromatic rings. The fraction of sp³-hybridized carbons (Fsp3) is 0.176. The Hall–Kier alpha value is -2.40. The number of rotatable bonds is 5. The van der Waals surface area contributed by atoms with E-state index in [1.54, 1.807) is 23.7 Å². The Morgan fingerprint density at radius 3 is 2.77 bits per heavy atom. The van der Waals surface area contributed by atoms with E-state index in [0.717, 1.165) is 26.9 Å². The van der Waals surface area contributed by atoms with Crippen molar-refractivity contribution in [2.45, 2.75) is 19.9 Å². The Labute approximate surface area is 132 Å². The molecule has 1 N–H and O–H groups in total. The van der Waals surface area contributed by atoms with Crippen LogP contribution in [0, 0.1) is 6.92 Å². The third kappa shape index (κ3) is 3.43. The summed E-state index contributed by atoms with van der Waals surface area (Å²) >= 11 is 1.57. The Morgan fingerprint density at radius 1 is 1.23 bits per heavy atom. The molecule has 112 valence electrons. The van der Waals surface area contributed by atoms with Gasteiger partial charge < -0.3 is 9.73 Å². The summed E-state index contributed by atoms with van der Waals surface area (Å²) in [4.78, 5) is 17.6. The van der Waals surface area contributed by atoms with Crippen LogP contribution in [0.4, 0.5) is 0 Å². The fourth-order valence-electron chi connectivity index (χ4n) is 2.18. The molecule has 0 radical (unpaired) electrons. The zero-order valence-electron chi connectivity index (χ0n) is 12.2. The Morgan fingerprint density at radius 2 is 2.05 bits per heavy atom. The molecule has 2 heterocycles. The second kappa shape index (κ2) is 6.58. The van der Waals surface area contributed by atoms with Gasteiger partial charge in [0.05, 0.1) is 29.8 Å². The van der Waals surface area contributed by atoms with Gasteiger partial charge in [0.1, 0.15) is 10.8 Å². The summed E-state index contributed by atoms with van der Waals surface area (Å²) in [6, 6.07) is 13.7. The van der Waals surface area contributed by atoms with Crippen LogP contribution in [0.5, 0.6) is 0 Å². The molecule has 2 aromatic heterocycles. The second-order valence-corrected chi connectivity index (χ2v) is 6.00. The van der Waals surface area contributed by atoms with Crippen LogP contribution in [0.15, 0.2) is 53.1 Å². The number of nitrogens with one attached hydrogen (secondary N) is 1. The van der Waals surface area contributed by atoms with Gasteiger partial charge in [-0.1, -0.05) is 30.3 Å². The number of thiazole rings is 1. The summed E-state index contributed by atoms with van der Waals surface area (Å²) in [5, 5.41) is 3.66. The standard InChI is InChI=1S/C17H16N2O2S/c1-12-17(13-6-3-2-4-7-13)22-16(19-12)10-15(20)18-11-14-8-5-9-21-14/h2-9H,10-11H2,1H3,(H,18,20). The monoisotopic (exact) mass is 312 g/mol. The largest absolute Gasteiger partial charge is 0.467 e. The third-order valence-corrected chi connectivity index (χ3v) is 4.44. The first-order valence-electron chi connectivity index (χ1n) is 7.03. The Balaban J connectivity index is 1.64. The molecule has 0 unspecified atom stereocenters. The third-order valence-electron chi connectivity index (χ3n) is 3.23. The molecule has 0 saturated heterocycles. The first-order chi connectivity index (χ1) is 10.7. The van der Waals surface area contributed by atoms with Crippen molar-refractivity contribution in [2.24, 2.45) is 0 Å². The minimum absolute atomic E-state index is 0.0511. The summed E-state index contributed by atoms with van der Waals surface area (Å²) in [6.45, 7) is 2.38. The molecule has 0 bridgehead atoms. The topological polar surface area (TPSA) is 55.1 Å². The molecule has 1 aromatic carbocycles. The quantitative estimate of drug-likeness (QED) is 0.783. The SMILES string of the molecule is Cc1nc(CC(=O)NCc2ccco2)sc1-c1ccccc1. The predicted molar refractivity (Wildman–Crippen MR) is 86.5 cm³/mol. The van der Waals surface area contributed by atoms with Crippen LogP contribution in [0.1, 0.15) is 16.5 Å². The van der Waals surface area contributed by atoms with Crippen molar-refractivity contribution < 1.29 is 9.21 Å². The summed E-state index contributed by atoms with van der Waals surface area (Å²) in [5.41, 5.74) is 2.10. The average Bonchev–Trinajstić information content (AvgIpc) is 3.16. The van der Waals surface area contributed by atoms with Crippen LogP contribution < -0.4 is 5.32 Å². The fourth-order valence-corrected chi connectivity index (χ4v) is 3.25. The van der Waals surface area contributed by atoms with E-state index in [9.17, 15) is 4.79 Å². The van der Waals surface area contributed by atoms with Crippen molar-refractivity contribution >= 4 is 17.2 Å². The molecule has 0 aliphatic rings. The summed E-state index contributed by atoms with van der Waals surface area (Å²) in [7, 11) is 0. The molecule has 0 atom stereocenters. The van der Waals surface area contributed by atoms with Gasteiger partial charge in [-0.25, -0.2) is 4.98 Å². The molecule has 22 heavy (non-hydrogen) atoms. The maximum Gasteiger partial charge on any atom is 0.227 e. The summed E-state index contributed by atoms with van der Waals surface area (Å²) < 4.78 is 5.19. The van der Waals surface area contributed by atoms with Gasteiger partial charge in [0.25, 0.3) is 0 Å². The van der Waals surface area contributed by atoms with Crippen molar-refractivity contribution in [1.82, 2.24) is 10.3 Å². The minimum atomic E-state index is -0.0511. The molecule has 1 amide bonds. The van der Waals surface area contributed by atoms with Crippen LogP contribution in [0.25, 0.3) is 10.4 Å². The van der Waals surface area contributed by atoms with E-state index < -0.39 is 0 Å². The summed E-state index contributed by atoms with van der Waals surface area (Å²) in [6.07, 6.45) is 1.89. The van der Waals surface area contributed by atoms with Gasteiger partial charge in [-0.15, -0.1) is 11.3 Å². The first kappa shape index (κ1) is 14.5. The van der Waals surface area contributed by atoms with E-state index in [2.05, 4.69) is 22.4 Å². The number of benzene rings is 1.